The van der Waals surface area contributed by atoms with Crippen LogP contribution in [0.3, 0.4) is 0 Å². The van der Waals surface area contributed by atoms with Crippen molar-refractivity contribution in [2.24, 2.45) is 17.6 Å². The van der Waals surface area contributed by atoms with Crippen LogP contribution in [-0.2, 0) is 4.74 Å². The van der Waals surface area contributed by atoms with Gasteiger partial charge in [-0.15, -0.1) is 0 Å². The Morgan fingerprint density at radius 2 is 2.24 bits per heavy atom. The lowest BCUT2D eigenvalue weighted by Gasteiger charge is -2.46. The van der Waals surface area contributed by atoms with E-state index < -0.39 is 0 Å². The molecule has 0 bridgehead atoms. The Balaban J connectivity index is 2.05. The van der Waals surface area contributed by atoms with Crippen LogP contribution in [0.5, 0.6) is 0 Å². The molecule has 1 saturated heterocycles. The van der Waals surface area contributed by atoms with Crippen molar-refractivity contribution in [3.8, 4) is 0 Å². The molecule has 2 rings (SSSR count). The second kappa shape index (κ2) is 6.14. The number of morpholine rings is 1. The Bertz CT molecular complexity index is 237. The average molecular weight is 242 g/mol. The summed E-state index contributed by atoms with van der Waals surface area (Å²) in [4.78, 5) is 2.46. The van der Waals surface area contributed by atoms with E-state index in [9.17, 15) is 5.11 Å². The molecule has 2 aliphatic rings. The lowest BCUT2D eigenvalue weighted by atomic mass is 9.77. The van der Waals surface area contributed by atoms with E-state index in [2.05, 4.69) is 11.8 Å². The van der Waals surface area contributed by atoms with Gasteiger partial charge in [-0.2, -0.15) is 0 Å². The summed E-state index contributed by atoms with van der Waals surface area (Å²) in [5, 5.41) is 9.46. The maximum Gasteiger partial charge on any atom is 0.0644 e. The maximum absolute atomic E-state index is 9.46. The van der Waals surface area contributed by atoms with E-state index in [0.717, 1.165) is 25.6 Å². The minimum atomic E-state index is 0.174. The van der Waals surface area contributed by atoms with Crippen LogP contribution in [0.1, 0.15) is 26.2 Å². The Morgan fingerprint density at radius 1 is 1.41 bits per heavy atom. The van der Waals surface area contributed by atoms with Crippen LogP contribution in [0.4, 0.5) is 0 Å². The first kappa shape index (κ1) is 13.3. The fourth-order valence-corrected chi connectivity index (χ4v) is 3.36. The second-order valence-corrected chi connectivity index (χ2v) is 5.63. The molecule has 4 nitrogen and oxygen atoms in total. The standard InChI is InChI=1S/C13H26N2O2/c1-10-2-3-11(7-14)13(6-10)15-4-5-17-9-12(15)8-16/h10-13,16H,2-9,14H2,1H3. The second-order valence-electron chi connectivity index (χ2n) is 5.63. The van der Waals surface area contributed by atoms with Gasteiger partial charge in [0.05, 0.1) is 25.9 Å². The first-order valence-corrected chi connectivity index (χ1v) is 6.90. The number of aliphatic hydroxyl groups excluding tert-OH is 1. The normalized spacial score (nSPS) is 40.4. The van der Waals surface area contributed by atoms with Gasteiger partial charge in [-0.1, -0.05) is 13.3 Å². The van der Waals surface area contributed by atoms with Gasteiger partial charge in [0.15, 0.2) is 0 Å². The summed E-state index contributed by atoms with van der Waals surface area (Å²) in [7, 11) is 0. The van der Waals surface area contributed by atoms with E-state index in [-0.39, 0.29) is 12.6 Å². The van der Waals surface area contributed by atoms with Gasteiger partial charge in [-0.3, -0.25) is 4.90 Å². The van der Waals surface area contributed by atoms with Crippen LogP contribution < -0.4 is 5.73 Å². The molecule has 1 aliphatic carbocycles. The highest BCUT2D eigenvalue weighted by atomic mass is 16.5. The molecule has 3 N–H and O–H groups in total. The fourth-order valence-electron chi connectivity index (χ4n) is 3.36. The minimum Gasteiger partial charge on any atom is -0.395 e. The molecule has 100 valence electrons. The molecular weight excluding hydrogens is 216 g/mol. The largest absolute Gasteiger partial charge is 0.395 e. The van der Waals surface area contributed by atoms with E-state index in [1.54, 1.807) is 0 Å². The third kappa shape index (κ3) is 2.99. The summed E-state index contributed by atoms with van der Waals surface area (Å²) in [5.41, 5.74) is 5.91. The molecule has 0 aromatic rings. The molecular formula is C13H26N2O2. The van der Waals surface area contributed by atoms with Gasteiger partial charge in [-0.25, -0.2) is 0 Å². The van der Waals surface area contributed by atoms with Crippen molar-refractivity contribution in [3.63, 3.8) is 0 Å². The first-order valence-electron chi connectivity index (χ1n) is 6.90. The fraction of sp³-hybridized carbons (Fsp3) is 1.00. The summed E-state index contributed by atoms with van der Waals surface area (Å²) < 4.78 is 5.46. The Hall–Kier alpha value is -0.160. The molecule has 1 saturated carbocycles. The highest BCUT2D eigenvalue weighted by molar-refractivity contribution is 4.90. The van der Waals surface area contributed by atoms with Crippen LogP contribution in [0.2, 0.25) is 0 Å². The zero-order valence-electron chi connectivity index (χ0n) is 10.8. The van der Waals surface area contributed by atoms with Crippen molar-refractivity contribution < 1.29 is 9.84 Å². The third-order valence-electron chi connectivity index (χ3n) is 4.43. The van der Waals surface area contributed by atoms with Crippen LogP contribution in [0, 0.1) is 11.8 Å². The van der Waals surface area contributed by atoms with Gasteiger partial charge in [0.2, 0.25) is 0 Å². The molecule has 1 aliphatic heterocycles. The molecule has 4 unspecified atom stereocenters. The van der Waals surface area contributed by atoms with Crippen molar-refractivity contribution in [3.05, 3.63) is 0 Å². The van der Waals surface area contributed by atoms with Gasteiger partial charge in [-0.05, 0) is 31.2 Å². The van der Waals surface area contributed by atoms with Gasteiger partial charge in [0, 0.05) is 12.6 Å². The minimum absolute atomic E-state index is 0.174. The van der Waals surface area contributed by atoms with E-state index in [4.69, 9.17) is 10.5 Å². The number of aliphatic hydroxyl groups is 1. The van der Waals surface area contributed by atoms with Crippen LogP contribution in [0.25, 0.3) is 0 Å². The maximum atomic E-state index is 9.46. The third-order valence-corrected chi connectivity index (χ3v) is 4.43. The van der Waals surface area contributed by atoms with Gasteiger partial charge in [0.25, 0.3) is 0 Å². The van der Waals surface area contributed by atoms with Crippen molar-refractivity contribution >= 4 is 0 Å². The molecule has 1 heterocycles. The lowest BCUT2D eigenvalue weighted by Crippen LogP contribution is -2.56. The molecule has 0 aromatic heterocycles. The monoisotopic (exact) mass is 242 g/mol. The highest BCUT2D eigenvalue weighted by Crippen LogP contribution is 2.33. The van der Waals surface area contributed by atoms with Gasteiger partial charge >= 0.3 is 0 Å². The number of nitrogens with two attached hydrogens (primary N) is 1. The predicted octanol–water partition coefficient (Wildman–Crippen LogP) is 0.443. The van der Waals surface area contributed by atoms with Crippen LogP contribution in [-0.4, -0.2) is 55.0 Å². The first-order chi connectivity index (χ1) is 8.26. The number of hydrogen-bond acceptors (Lipinski definition) is 4. The van der Waals surface area contributed by atoms with E-state index in [0.29, 0.717) is 18.6 Å². The van der Waals surface area contributed by atoms with Crippen molar-refractivity contribution in [1.29, 1.82) is 0 Å². The summed E-state index contributed by atoms with van der Waals surface area (Å²) in [6.45, 7) is 5.69. The topological polar surface area (TPSA) is 58.7 Å². The average Bonchev–Trinajstić information content (AvgIpc) is 2.38. The smallest absolute Gasteiger partial charge is 0.0644 e. The van der Waals surface area contributed by atoms with Crippen LogP contribution in [0.15, 0.2) is 0 Å². The van der Waals surface area contributed by atoms with Crippen LogP contribution >= 0.6 is 0 Å². The predicted molar refractivity (Wildman–Crippen MR) is 67.7 cm³/mol. The number of nitrogens with zero attached hydrogens (tertiary/aromatic N) is 1. The molecule has 0 amide bonds. The van der Waals surface area contributed by atoms with Crippen molar-refractivity contribution in [2.45, 2.75) is 38.3 Å². The van der Waals surface area contributed by atoms with Gasteiger partial charge < -0.3 is 15.6 Å². The molecule has 17 heavy (non-hydrogen) atoms. The Kier molecular flexibility index (Phi) is 4.79. The number of ether oxygens (including phenoxy) is 1. The summed E-state index contributed by atoms with van der Waals surface area (Å²) in [6.07, 6.45) is 3.75. The molecule has 4 atom stereocenters. The van der Waals surface area contributed by atoms with Gasteiger partial charge in [0.1, 0.15) is 0 Å². The number of rotatable bonds is 3. The van der Waals surface area contributed by atoms with Crippen molar-refractivity contribution in [2.75, 3.05) is 32.9 Å². The lowest BCUT2D eigenvalue weighted by molar-refractivity contribution is -0.0686. The SMILES string of the molecule is CC1CCC(CN)C(N2CCOCC2CO)C1. The zero-order chi connectivity index (χ0) is 12.3. The summed E-state index contributed by atoms with van der Waals surface area (Å²) >= 11 is 0. The Morgan fingerprint density at radius 3 is 2.94 bits per heavy atom. The molecule has 4 heteroatoms. The highest BCUT2D eigenvalue weighted by Gasteiger charge is 2.36. The molecule has 0 spiro atoms. The zero-order valence-corrected chi connectivity index (χ0v) is 10.8. The molecule has 0 radical (unpaired) electrons. The summed E-state index contributed by atoms with van der Waals surface area (Å²) in [5.74, 6) is 1.38. The molecule has 0 aromatic carbocycles. The van der Waals surface area contributed by atoms with Crippen molar-refractivity contribution in [1.82, 2.24) is 4.90 Å². The quantitative estimate of drug-likeness (QED) is 0.754. The van der Waals surface area contributed by atoms with E-state index >= 15 is 0 Å². The number of hydrogen-bond donors (Lipinski definition) is 2. The summed E-state index contributed by atoms with van der Waals surface area (Å²) in [6, 6.07) is 0.720. The van der Waals surface area contributed by atoms with E-state index in [1.807, 2.05) is 0 Å². The Labute approximate surface area is 104 Å². The van der Waals surface area contributed by atoms with E-state index in [1.165, 1.54) is 19.3 Å². The molecule has 2 fully saturated rings.